The van der Waals surface area contributed by atoms with Crippen molar-refractivity contribution in [1.82, 2.24) is 5.32 Å². The van der Waals surface area contributed by atoms with Crippen molar-refractivity contribution in [2.75, 3.05) is 11.9 Å². The first kappa shape index (κ1) is 20.6. The van der Waals surface area contributed by atoms with E-state index in [0.29, 0.717) is 0 Å². The zero-order valence-corrected chi connectivity index (χ0v) is 15.2. The normalized spacial score (nSPS) is 11.5. The number of ether oxygens (including phenoxy) is 1. The molecule has 2 aromatic rings. The topological polar surface area (TPSA) is 141 Å². The molecule has 10 heteroatoms. The van der Waals surface area contributed by atoms with Crippen LogP contribution in [0.2, 0.25) is 0 Å². The third-order valence-electron chi connectivity index (χ3n) is 3.64. The highest BCUT2D eigenvalue weighted by molar-refractivity contribution is 5.96. The van der Waals surface area contributed by atoms with Gasteiger partial charge in [0.1, 0.15) is 6.04 Å². The number of non-ortho nitro benzene ring substituents is 1. The minimum atomic E-state index is -0.983. The number of carbonyl (C=O) groups excluding carboxylic acids is 3. The second-order valence-electron chi connectivity index (χ2n) is 6.14. The molecule has 1 aromatic carbocycles. The number of carbonyl (C=O) groups is 3. The number of nitro benzene ring substituents is 1. The number of nitro groups is 1. The zero-order valence-electron chi connectivity index (χ0n) is 15.2. The van der Waals surface area contributed by atoms with E-state index in [0.717, 1.165) is 0 Å². The summed E-state index contributed by atoms with van der Waals surface area (Å²) < 4.78 is 9.94. The lowest BCUT2D eigenvalue weighted by Gasteiger charge is -2.20. The van der Waals surface area contributed by atoms with Crippen LogP contribution in [0.5, 0.6) is 0 Å². The van der Waals surface area contributed by atoms with E-state index in [4.69, 9.17) is 9.15 Å². The number of hydrogen-bond donors (Lipinski definition) is 2. The van der Waals surface area contributed by atoms with Crippen LogP contribution in [0.1, 0.15) is 24.4 Å². The van der Waals surface area contributed by atoms with E-state index in [1.54, 1.807) is 13.8 Å². The zero-order chi connectivity index (χ0) is 20.7. The highest BCUT2D eigenvalue weighted by atomic mass is 16.6. The molecule has 0 fully saturated rings. The van der Waals surface area contributed by atoms with Gasteiger partial charge in [0.15, 0.2) is 12.4 Å². The number of esters is 1. The fourth-order valence-corrected chi connectivity index (χ4v) is 2.24. The number of nitrogens with zero attached hydrogens (tertiary/aromatic N) is 1. The fraction of sp³-hybridized carbons (Fsp3) is 0.278. The van der Waals surface area contributed by atoms with Crippen molar-refractivity contribution >= 4 is 29.2 Å². The smallest absolute Gasteiger partial charge is 0.329 e. The number of furan rings is 1. The second-order valence-corrected chi connectivity index (χ2v) is 6.14. The van der Waals surface area contributed by atoms with Crippen LogP contribution < -0.4 is 10.6 Å². The van der Waals surface area contributed by atoms with E-state index in [-0.39, 0.29) is 23.1 Å². The van der Waals surface area contributed by atoms with Gasteiger partial charge in [0.2, 0.25) is 0 Å². The van der Waals surface area contributed by atoms with Crippen LogP contribution in [-0.2, 0) is 14.3 Å². The van der Waals surface area contributed by atoms with Crippen LogP contribution in [0.25, 0.3) is 0 Å². The Morgan fingerprint density at radius 1 is 1.21 bits per heavy atom. The molecule has 2 amide bonds. The number of rotatable bonds is 8. The van der Waals surface area contributed by atoms with Crippen molar-refractivity contribution in [2.24, 2.45) is 5.92 Å². The molecule has 0 bridgehead atoms. The van der Waals surface area contributed by atoms with Crippen molar-refractivity contribution < 1.29 is 28.5 Å². The van der Waals surface area contributed by atoms with E-state index >= 15 is 0 Å². The quantitative estimate of drug-likeness (QED) is 0.400. The average Bonchev–Trinajstić information content (AvgIpc) is 3.18. The lowest BCUT2D eigenvalue weighted by Crippen LogP contribution is -2.45. The molecule has 0 saturated heterocycles. The van der Waals surface area contributed by atoms with Crippen molar-refractivity contribution in [3.8, 4) is 0 Å². The summed E-state index contributed by atoms with van der Waals surface area (Å²) in [5.41, 5.74) is 0.0112. The summed E-state index contributed by atoms with van der Waals surface area (Å²) in [6, 6.07) is 7.35. The molecule has 0 saturated carbocycles. The summed E-state index contributed by atoms with van der Waals surface area (Å²) in [6.07, 6.45) is 1.33. The van der Waals surface area contributed by atoms with E-state index in [1.807, 2.05) is 0 Å². The molecular weight excluding hydrogens is 370 g/mol. The molecule has 28 heavy (non-hydrogen) atoms. The van der Waals surface area contributed by atoms with Crippen LogP contribution in [0.15, 0.2) is 47.1 Å². The Hall–Kier alpha value is -3.69. The summed E-state index contributed by atoms with van der Waals surface area (Å²) >= 11 is 0. The van der Waals surface area contributed by atoms with E-state index in [2.05, 4.69) is 10.6 Å². The molecule has 1 atom stereocenters. The predicted octanol–water partition coefficient (Wildman–Crippen LogP) is 2.12. The molecule has 0 aliphatic heterocycles. The Morgan fingerprint density at radius 2 is 1.96 bits per heavy atom. The monoisotopic (exact) mass is 389 g/mol. The number of nitrogens with one attached hydrogen (secondary N) is 2. The van der Waals surface area contributed by atoms with Gasteiger partial charge in [-0.25, -0.2) is 4.79 Å². The summed E-state index contributed by atoms with van der Waals surface area (Å²) in [5.74, 6) is -2.30. The molecular formula is C18H19N3O7. The van der Waals surface area contributed by atoms with Gasteiger partial charge in [-0.1, -0.05) is 19.9 Å². The lowest BCUT2D eigenvalue weighted by atomic mass is 10.0. The van der Waals surface area contributed by atoms with Crippen molar-refractivity contribution in [3.05, 3.63) is 58.5 Å². The van der Waals surface area contributed by atoms with Gasteiger partial charge in [-0.15, -0.1) is 0 Å². The molecule has 10 nitrogen and oxygen atoms in total. The molecule has 0 spiro atoms. The molecule has 1 aromatic heterocycles. The number of amides is 2. The largest absolute Gasteiger partial charge is 0.459 e. The van der Waals surface area contributed by atoms with Crippen LogP contribution in [0.3, 0.4) is 0 Å². The summed E-state index contributed by atoms with van der Waals surface area (Å²) in [7, 11) is 0. The van der Waals surface area contributed by atoms with E-state index < -0.39 is 35.4 Å². The Kier molecular flexibility index (Phi) is 6.85. The van der Waals surface area contributed by atoms with Crippen molar-refractivity contribution in [3.63, 3.8) is 0 Å². The Balaban J connectivity index is 1.91. The summed E-state index contributed by atoms with van der Waals surface area (Å²) in [5, 5.41) is 15.6. The first-order valence-corrected chi connectivity index (χ1v) is 8.33. The highest BCUT2D eigenvalue weighted by Gasteiger charge is 2.27. The predicted molar refractivity (Wildman–Crippen MR) is 97.5 cm³/mol. The standard InChI is InChI=1S/C18H19N3O7/c1-11(2)16(20-17(23)14-7-4-8-27-14)18(24)28-10-15(22)19-12-5-3-6-13(9-12)21(25)26/h3-9,11,16H,10H2,1-2H3,(H,19,22)(H,20,23)/t16-/m0/s1. The van der Waals surface area contributed by atoms with Crippen molar-refractivity contribution in [2.45, 2.75) is 19.9 Å². The van der Waals surface area contributed by atoms with Gasteiger partial charge >= 0.3 is 5.97 Å². The Morgan fingerprint density at radius 3 is 2.57 bits per heavy atom. The lowest BCUT2D eigenvalue weighted by molar-refractivity contribution is -0.384. The Bertz CT molecular complexity index is 862. The fourth-order valence-electron chi connectivity index (χ4n) is 2.24. The van der Waals surface area contributed by atoms with Crippen molar-refractivity contribution in [1.29, 1.82) is 0 Å². The van der Waals surface area contributed by atoms with Crippen LogP contribution in [0, 0.1) is 16.0 Å². The van der Waals surface area contributed by atoms with Gasteiger partial charge in [0, 0.05) is 17.8 Å². The molecule has 2 N–H and O–H groups in total. The molecule has 0 aliphatic carbocycles. The minimum Gasteiger partial charge on any atom is -0.459 e. The summed E-state index contributed by atoms with van der Waals surface area (Å²) in [6.45, 7) is 2.80. The van der Waals surface area contributed by atoms with Gasteiger partial charge in [0.25, 0.3) is 17.5 Å². The van der Waals surface area contributed by atoms with Crippen LogP contribution in [-0.4, -0.2) is 35.4 Å². The minimum absolute atomic E-state index is 0.0434. The Labute approximate surface area is 160 Å². The number of hydrogen-bond acceptors (Lipinski definition) is 7. The van der Waals surface area contributed by atoms with Crippen LogP contribution >= 0.6 is 0 Å². The first-order valence-electron chi connectivity index (χ1n) is 8.33. The highest BCUT2D eigenvalue weighted by Crippen LogP contribution is 2.17. The third kappa shape index (κ3) is 5.66. The number of benzene rings is 1. The maximum absolute atomic E-state index is 12.3. The van der Waals surface area contributed by atoms with Gasteiger partial charge in [-0.05, 0) is 24.1 Å². The van der Waals surface area contributed by atoms with Crippen LogP contribution in [0.4, 0.5) is 11.4 Å². The van der Waals surface area contributed by atoms with Gasteiger partial charge < -0.3 is 19.8 Å². The molecule has 2 rings (SSSR count). The molecule has 1 heterocycles. The molecule has 0 radical (unpaired) electrons. The van der Waals surface area contributed by atoms with Gasteiger partial charge in [0.05, 0.1) is 11.2 Å². The van der Waals surface area contributed by atoms with Gasteiger partial charge in [-0.3, -0.25) is 19.7 Å². The maximum Gasteiger partial charge on any atom is 0.329 e. The van der Waals surface area contributed by atoms with E-state index in [1.165, 1.54) is 42.7 Å². The van der Waals surface area contributed by atoms with E-state index in [9.17, 15) is 24.5 Å². The summed E-state index contributed by atoms with van der Waals surface area (Å²) in [4.78, 5) is 46.4. The maximum atomic E-state index is 12.3. The second kappa shape index (κ2) is 9.31. The molecule has 0 unspecified atom stereocenters. The number of anilines is 1. The molecule has 0 aliphatic rings. The SMILES string of the molecule is CC(C)[C@H](NC(=O)c1ccco1)C(=O)OCC(=O)Nc1cccc([N+](=O)[O-])c1. The third-order valence-corrected chi connectivity index (χ3v) is 3.64. The average molecular weight is 389 g/mol. The van der Waals surface area contributed by atoms with Gasteiger partial charge in [-0.2, -0.15) is 0 Å². The first-order chi connectivity index (χ1) is 13.3. The molecule has 148 valence electrons.